The first-order chi connectivity index (χ1) is 9.63. The Balaban J connectivity index is 2.14. The van der Waals surface area contributed by atoms with Crippen LogP contribution in [0.15, 0.2) is 40.2 Å². The SMILES string of the molecule is CCNCc1ccc(N(C)C(C)c2cccs2)cc1Br. The topological polar surface area (TPSA) is 15.3 Å². The fraction of sp³-hybridized carbons (Fsp3) is 0.375. The molecule has 0 fully saturated rings. The number of thiophene rings is 1. The predicted molar refractivity (Wildman–Crippen MR) is 92.7 cm³/mol. The minimum absolute atomic E-state index is 0.390. The summed E-state index contributed by atoms with van der Waals surface area (Å²) in [5.74, 6) is 0. The van der Waals surface area contributed by atoms with E-state index in [9.17, 15) is 0 Å². The molecule has 2 aromatic rings. The van der Waals surface area contributed by atoms with Crippen molar-refractivity contribution in [2.45, 2.75) is 26.4 Å². The zero-order chi connectivity index (χ0) is 14.5. The van der Waals surface area contributed by atoms with Crippen LogP contribution in [0.3, 0.4) is 0 Å². The van der Waals surface area contributed by atoms with E-state index in [4.69, 9.17) is 0 Å². The number of anilines is 1. The van der Waals surface area contributed by atoms with Gasteiger partial charge in [-0.25, -0.2) is 0 Å². The minimum Gasteiger partial charge on any atom is -0.367 e. The summed E-state index contributed by atoms with van der Waals surface area (Å²) < 4.78 is 1.17. The van der Waals surface area contributed by atoms with E-state index in [1.54, 1.807) is 0 Å². The highest BCUT2D eigenvalue weighted by Crippen LogP contribution is 2.30. The third-order valence-electron chi connectivity index (χ3n) is 3.55. The Morgan fingerprint density at radius 2 is 2.15 bits per heavy atom. The largest absolute Gasteiger partial charge is 0.367 e. The molecule has 0 saturated heterocycles. The number of hydrogen-bond donors (Lipinski definition) is 1. The third-order valence-corrected chi connectivity index (χ3v) is 5.33. The lowest BCUT2D eigenvalue weighted by Crippen LogP contribution is -2.21. The van der Waals surface area contributed by atoms with Crippen LogP contribution in [0, 0.1) is 0 Å². The Hall–Kier alpha value is -0.840. The van der Waals surface area contributed by atoms with Gasteiger partial charge >= 0.3 is 0 Å². The normalized spacial score (nSPS) is 12.4. The van der Waals surface area contributed by atoms with E-state index >= 15 is 0 Å². The second-order valence-corrected chi connectivity index (χ2v) is 6.69. The van der Waals surface area contributed by atoms with E-state index in [0.717, 1.165) is 13.1 Å². The molecule has 1 heterocycles. The summed E-state index contributed by atoms with van der Waals surface area (Å²) in [5, 5.41) is 5.49. The van der Waals surface area contributed by atoms with Gasteiger partial charge in [0.1, 0.15) is 0 Å². The maximum Gasteiger partial charge on any atom is 0.0603 e. The van der Waals surface area contributed by atoms with E-state index in [0.29, 0.717) is 6.04 Å². The van der Waals surface area contributed by atoms with Crippen LogP contribution in [0.4, 0.5) is 5.69 Å². The number of benzene rings is 1. The molecule has 0 amide bonds. The van der Waals surface area contributed by atoms with Crippen molar-refractivity contribution in [3.05, 3.63) is 50.6 Å². The molecule has 1 unspecified atom stereocenters. The summed E-state index contributed by atoms with van der Waals surface area (Å²) >= 11 is 5.49. The first-order valence-corrected chi connectivity index (χ1v) is 8.56. The van der Waals surface area contributed by atoms with Crippen molar-refractivity contribution in [2.24, 2.45) is 0 Å². The molecule has 0 aliphatic heterocycles. The van der Waals surface area contributed by atoms with E-state index in [2.05, 4.69) is 82.8 Å². The molecule has 0 bridgehead atoms. The number of halogens is 1. The van der Waals surface area contributed by atoms with Gasteiger partial charge in [0.15, 0.2) is 0 Å². The molecule has 4 heteroatoms. The van der Waals surface area contributed by atoms with Gasteiger partial charge in [0, 0.05) is 28.6 Å². The van der Waals surface area contributed by atoms with Gasteiger partial charge in [-0.05, 0) is 42.6 Å². The zero-order valence-corrected chi connectivity index (χ0v) is 14.6. The maximum atomic E-state index is 3.68. The summed E-state index contributed by atoms with van der Waals surface area (Å²) in [6.07, 6.45) is 0. The number of hydrogen-bond acceptors (Lipinski definition) is 3. The Morgan fingerprint density at radius 3 is 2.75 bits per heavy atom. The van der Waals surface area contributed by atoms with Crippen LogP contribution in [0.25, 0.3) is 0 Å². The van der Waals surface area contributed by atoms with Gasteiger partial charge in [-0.3, -0.25) is 0 Å². The molecule has 0 spiro atoms. The molecule has 1 N–H and O–H groups in total. The Morgan fingerprint density at radius 1 is 1.35 bits per heavy atom. The van der Waals surface area contributed by atoms with Crippen LogP contribution in [0.5, 0.6) is 0 Å². The molecular weight excluding hydrogens is 332 g/mol. The molecule has 1 aromatic carbocycles. The molecule has 108 valence electrons. The van der Waals surface area contributed by atoms with Crippen LogP contribution < -0.4 is 10.2 Å². The highest BCUT2D eigenvalue weighted by Gasteiger charge is 2.14. The average Bonchev–Trinajstić information content (AvgIpc) is 2.98. The lowest BCUT2D eigenvalue weighted by atomic mass is 10.1. The maximum absolute atomic E-state index is 3.68. The van der Waals surface area contributed by atoms with Gasteiger partial charge in [0.2, 0.25) is 0 Å². The van der Waals surface area contributed by atoms with Crippen molar-refractivity contribution in [3.63, 3.8) is 0 Å². The Kier molecular flexibility index (Phi) is 5.64. The second-order valence-electron chi connectivity index (χ2n) is 4.86. The quantitative estimate of drug-likeness (QED) is 0.801. The number of nitrogens with one attached hydrogen (secondary N) is 1. The van der Waals surface area contributed by atoms with Gasteiger partial charge in [-0.1, -0.05) is 35.0 Å². The molecule has 2 nitrogen and oxygen atoms in total. The lowest BCUT2D eigenvalue weighted by molar-refractivity contribution is 0.723. The van der Waals surface area contributed by atoms with Crippen molar-refractivity contribution < 1.29 is 0 Å². The lowest BCUT2D eigenvalue weighted by Gasteiger charge is -2.27. The highest BCUT2D eigenvalue weighted by atomic mass is 79.9. The van der Waals surface area contributed by atoms with Crippen LogP contribution >= 0.6 is 27.3 Å². The van der Waals surface area contributed by atoms with Gasteiger partial charge in [-0.15, -0.1) is 11.3 Å². The smallest absolute Gasteiger partial charge is 0.0603 e. The van der Waals surface area contributed by atoms with Crippen LogP contribution in [-0.2, 0) is 6.54 Å². The molecule has 0 aliphatic rings. The molecule has 20 heavy (non-hydrogen) atoms. The fourth-order valence-electron chi connectivity index (χ4n) is 2.10. The first kappa shape index (κ1) is 15.5. The summed E-state index contributed by atoms with van der Waals surface area (Å²) in [4.78, 5) is 3.70. The highest BCUT2D eigenvalue weighted by molar-refractivity contribution is 9.10. The third kappa shape index (κ3) is 3.62. The van der Waals surface area contributed by atoms with Gasteiger partial charge in [0.05, 0.1) is 6.04 Å². The van der Waals surface area contributed by atoms with Gasteiger partial charge in [0.25, 0.3) is 0 Å². The van der Waals surface area contributed by atoms with Crippen molar-refractivity contribution in [1.29, 1.82) is 0 Å². The van der Waals surface area contributed by atoms with Crippen molar-refractivity contribution >= 4 is 33.0 Å². The van der Waals surface area contributed by atoms with Crippen molar-refractivity contribution in [2.75, 3.05) is 18.5 Å². The molecule has 2 rings (SSSR count). The van der Waals surface area contributed by atoms with Crippen molar-refractivity contribution in [3.8, 4) is 0 Å². The fourth-order valence-corrected chi connectivity index (χ4v) is 3.44. The van der Waals surface area contributed by atoms with E-state index in [1.165, 1.54) is 20.6 Å². The standard InChI is InChI=1S/C16H21BrN2S/c1-4-18-11-13-7-8-14(10-15(13)17)19(3)12(2)16-6-5-9-20-16/h5-10,12,18H,4,11H2,1-3H3. The summed E-state index contributed by atoms with van der Waals surface area (Å²) in [6.45, 7) is 6.26. The van der Waals surface area contributed by atoms with Crippen LogP contribution in [0.1, 0.15) is 30.3 Å². The molecular formula is C16H21BrN2S. The summed E-state index contributed by atoms with van der Waals surface area (Å²) in [7, 11) is 2.15. The predicted octanol–water partition coefficient (Wildman–Crippen LogP) is 4.82. The average molecular weight is 353 g/mol. The molecule has 1 aromatic heterocycles. The Bertz CT molecular complexity index is 539. The minimum atomic E-state index is 0.390. The van der Waals surface area contributed by atoms with E-state index < -0.39 is 0 Å². The molecule has 0 saturated carbocycles. The monoisotopic (exact) mass is 352 g/mol. The van der Waals surface area contributed by atoms with E-state index in [1.807, 2.05) is 11.3 Å². The summed E-state index contributed by atoms with van der Waals surface area (Å²) in [6, 6.07) is 11.3. The number of rotatable bonds is 6. The van der Waals surface area contributed by atoms with Crippen LogP contribution in [-0.4, -0.2) is 13.6 Å². The summed E-state index contributed by atoms with van der Waals surface area (Å²) in [5.41, 5.74) is 2.53. The molecule has 1 atom stereocenters. The molecule has 0 radical (unpaired) electrons. The number of nitrogens with zero attached hydrogens (tertiary/aromatic N) is 1. The van der Waals surface area contributed by atoms with E-state index in [-0.39, 0.29) is 0 Å². The zero-order valence-electron chi connectivity index (χ0n) is 12.2. The first-order valence-electron chi connectivity index (χ1n) is 6.88. The molecule has 0 aliphatic carbocycles. The Labute approximate surface area is 133 Å². The second kappa shape index (κ2) is 7.25. The van der Waals surface area contributed by atoms with Gasteiger partial charge < -0.3 is 10.2 Å². The van der Waals surface area contributed by atoms with Gasteiger partial charge in [-0.2, -0.15) is 0 Å². The van der Waals surface area contributed by atoms with Crippen molar-refractivity contribution in [1.82, 2.24) is 5.32 Å². The van der Waals surface area contributed by atoms with Crippen LogP contribution in [0.2, 0.25) is 0 Å².